The van der Waals surface area contributed by atoms with E-state index in [0.29, 0.717) is 22.7 Å². The van der Waals surface area contributed by atoms with Gasteiger partial charge < -0.3 is 15.9 Å². The summed E-state index contributed by atoms with van der Waals surface area (Å²) in [5.41, 5.74) is 6.50. The summed E-state index contributed by atoms with van der Waals surface area (Å²) in [6.07, 6.45) is -1.68. The molecule has 0 spiro atoms. The van der Waals surface area contributed by atoms with E-state index in [0.717, 1.165) is 0 Å². The normalized spacial score (nSPS) is 14.9. The molecule has 0 aliphatic rings. The van der Waals surface area contributed by atoms with E-state index >= 15 is 0 Å². The molecule has 0 saturated carbocycles. The molecule has 0 radical (unpaired) electrons. The Morgan fingerprint density at radius 3 is 2.60 bits per heavy atom. The maximum Gasteiger partial charge on any atom is 0.107 e. The predicted molar refractivity (Wildman–Crippen MR) is 62.2 cm³/mol. The lowest BCUT2D eigenvalue weighted by Crippen LogP contribution is -2.19. The van der Waals surface area contributed by atoms with Crippen molar-refractivity contribution in [2.24, 2.45) is 0 Å². The van der Waals surface area contributed by atoms with Crippen LogP contribution in [-0.4, -0.2) is 22.2 Å². The largest absolute Gasteiger partial charge is 0.398 e. The number of nitrogen functional groups attached to an aromatic ring is 1. The molecule has 1 aromatic carbocycles. The Hall–Kier alpha value is -0.480. The summed E-state index contributed by atoms with van der Waals surface area (Å²) in [7, 11) is 0. The van der Waals surface area contributed by atoms with E-state index in [2.05, 4.69) is 0 Å². The second-order valence-corrected chi connectivity index (χ2v) is 4.08. The quantitative estimate of drug-likeness (QED) is 0.565. The van der Waals surface area contributed by atoms with Crippen LogP contribution in [0.1, 0.15) is 18.1 Å². The average molecular weight is 250 g/mol. The van der Waals surface area contributed by atoms with E-state index < -0.39 is 12.2 Å². The first-order chi connectivity index (χ1) is 7.06. The maximum atomic E-state index is 9.78. The van der Waals surface area contributed by atoms with Crippen molar-refractivity contribution in [3.63, 3.8) is 0 Å². The first kappa shape index (κ1) is 12.6. The van der Waals surface area contributed by atoms with Crippen LogP contribution in [0.25, 0.3) is 0 Å². The van der Waals surface area contributed by atoms with Crippen molar-refractivity contribution in [1.82, 2.24) is 0 Å². The maximum absolute atomic E-state index is 9.78. The molecular formula is C10H13Cl2NO2. The number of alkyl halides is 1. The summed E-state index contributed by atoms with van der Waals surface area (Å²) in [4.78, 5) is 0. The zero-order valence-corrected chi connectivity index (χ0v) is 9.54. The van der Waals surface area contributed by atoms with Crippen LogP contribution in [-0.2, 0) is 0 Å². The lowest BCUT2D eigenvalue weighted by atomic mass is 10.0. The third-order valence-corrected chi connectivity index (χ3v) is 2.59. The molecule has 0 heterocycles. The third-order valence-electron chi connectivity index (χ3n) is 2.14. The summed E-state index contributed by atoms with van der Waals surface area (Å²) < 4.78 is 0. The van der Waals surface area contributed by atoms with E-state index in [1.165, 1.54) is 0 Å². The number of halogens is 2. The summed E-state index contributed by atoms with van der Waals surface area (Å²) in [6.45, 7) is 0. The number of hydrogen-bond donors (Lipinski definition) is 3. The molecule has 84 valence electrons. The molecule has 15 heavy (non-hydrogen) atoms. The van der Waals surface area contributed by atoms with Crippen LogP contribution in [0.3, 0.4) is 0 Å². The van der Waals surface area contributed by atoms with Gasteiger partial charge in [0.1, 0.15) is 6.10 Å². The van der Waals surface area contributed by atoms with E-state index in [1.807, 2.05) is 0 Å². The Balaban J connectivity index is 2.89. The van der Waals surface area contributed by atoms with E-state index in [9.17, 15) is 10.2 Å². The van der Waals surface area contributed by atoms with Gasteiger partial charge >= 0.3 is 0 Å². The summed E-state index contributed by atoms with van der Waals surface area (Å²) >= 11 is 11.2. The van der Waals surface area contributed by atoms with E-state index in [-0.39, 0.29) is 5.88 Å². The van der Waals surface area contributed by atoms with Crippen LogP contribution in [0, 0.1) is 0 Å². The Bertz CT molecular complexity index is 333. The molecule has 0 saturated heterocycles. The molecule has 0 bridgehead atoms. The van der Waals surface area contributed by atoms with Crippen molar-refractivity contribution in [2.75, 3.05) is 11.6 Å². The van der Waals surface area contributed by atoms with Gasteiger partial charge in [-0.25, -0.2) is 0 Å². The fourth-order valence-corrected chi connectivity index (χ4v) is 1.68. The molecule has 0 fully saturated rings. The fourth-order valence-electron chi connectivity index (χ4n) is 1.28. The lowest BCUT2D eigenvalue weighted by Gasteiger charge is -2.18. The van der Waals surface area contributed by atoms with Crippen molar-refractivity contribution in [1.29, 1.82) is 0 Å². The van der Waals surface area contributed by atoms with Crippen LogP contribution in [0.4, 0.5) is 5.69 Å². The van der Waals surface area contributed by atoms with Crippen LogP contribution >= 0.6 is 23.2 Å². The molecule has 3 nitrogen and oxygen atoms in total. The van der Waals surface area contributed by atoms with Crippen molar-refractivity contribution in [2.45, 2.75) is 18.6 Å². The van der Waals surface area contributed by atoms with Gasteiger partial charge in [0, 0.05) is 22.2 Å². The van der Waals surface area contributed by atoms with Gasteiger partial charge in [-0.2, -0.15) is 0 Å². The number of benzene rings is 1. The minimum absolute atomic E-state index is 0.276. The van der Waals surface area contributed by atoms with Gasteiger partial charge in [0.05, 0.1) is 6.10 Å². The number of aliphatic hydroxyl groups excluding tert-OH is 2. The standard InChI is InChI=1S/C10H13Cl2NO2/c11-4-3-9(14)10(15)7-5-6(12)1-2-8(7)13/h1-2,5,9-10,14-15H,3-4,13H2. The van der Waals surface area contributed by atoms with Gasteiger partial charge in [-0.3, -0.25) is 0 Å². The first-order valence-electron chi connectivity index (χ1n) is 4.53. The van der Waals surface area contributed by atoms with Crippen LogP contribution in [0.15, 0.2) is 18.2 Å². The predicted octanol–water partition coefficient (Wildman–Crippen LogP) is 1.95. The highest BCUT2D eigenvalue weighted by Crippen LogP contribution is 2.27. The minimum Gasteiger partial charge on any atom is -0.398 e. The number of anilines is 1. The Morgan fingerprint density at radius 2 is 2.00 bits per heavy atom. The molecule has 0 aromatic heterocycles. The summed E-state index contributed by atoms with van der Waals surface area (Å²) in [5, 5.41) is 19.8. The van der Waals surface area contributed by atoms with Crippen molar-refractivity contribution >= 4 is 28.9 Å². The highest BCUT2D eigenvalue weighted by molar-refractivity contribution is 6.30. The van der Waals surface area contributed by atoms with Crippen LogP contribution in [0.2, 0.25) is 5.02 Å². The van der Waals surface area contributed by atoms with Gasteiger partial charge in [0.15, 0.2) is 0 Å². The van der Waals surface area contributed by atoms with Gasteiger partial charge in [-0.1, -0.05) is 11.6 Å². The molecular weight excluding hydrogens is 237 g/mol. The Morgan fingerprint density at radius 1 is 1.33 bits per heavy atom. The minimum atomic E-state index is -1.05. The number of nitrogens with two attached hydrogens (primary N) is 1. The zero-order valence-electron chi connectivity index (χ0n) is 8.03. The molecule has 5 heteroatoms. The molecule has 2 unspecified atom stereocenters. The molecule has 4 N–H and O–H groups in total. The lowest BCUT2D eigenvalue weighted by molar-refractivity contribution is 0.0174. The van der Waals surface area contributed by atoms with Gasteiger partial charge in [0.25, 0.3) is 0 Å². The second kappa shape index (κ2) is 5.56. The molecule has 0 amide bonds. The highest BCUT2D eigenvalue weighted by atomic mass is 35.5. The van der Waals surface area contributed by atoms with Crippen molar-refractivity contribution in [3.8, 4) is 0 Å². The number of rotatable bonds is 4. The van der Waals surface area contributed by atoms with Crippen LogP contribution < -0.4 is 5.73 Å². The molecule has 0 aliphatic heterocycles. The number of aliphatic hydroxyl groups is 2. The third kappa shape index (κ3) is 3.24. The number of hydrogen-bond acceptors (Lipinski definition) is 3. The van der Waals surface area contributed by atoms with Gasteiger partial charge in [0.2, 0.25) is 0 Å². The smallest absolute Gasteiger partial charge is 0.107 e. The fraction of sp³-hybridized carbons (Fsp3) is 0.400. The average Bonchev–Trinajstić information content (AvgIpc) is 2.21. The molecule has 1 rings (SSSR count). The first-order valence-corrected chi connectivity index (χ1v) is 5.44. The van der Waals surface area contributed by atoms with Crippen LogP contribution in [0.5, 0.6) is 0 Å². The second-order valence-electron chi connectivity index (χ2n) is 3.26. The van der Waals surface area contributed by atoms with E-state index in [4.69, 9.17) is 28.9 Å². The monoisotopic (exact) mass is 249 g/mol. The van der Waals surface area contributed by atoms with Gasteiger partial charge in [-0.05, 0) is 24.6 Å². The molecule has 1 aromatic rings. The van der Waals surface area contributed by atoms with Crippen molar-refractivity contribution < 1.29 is 10.2 Å². The summed E-state index contributed by atoms with van der Waals surface area (Å²) in [6, 6.07) is 4.76. The molecule has 2 atom stereocenters. The topological polar surface area (TPSA) is 66.5 Å². The highest BCUT2D eigenvalue weighted by Gasteiger charge is 2.20. The Labute approximate surface area is 98.4 Å². The van der Waals surface area contributed by atoms with Crippen molar-refractivity contribution in [3.05, 3.63) is 28.8 Å². The van der Waals surface area contributed by atoms with E-state index in [1.54, 1.807) is 18.2 Å². The summed E-state index contributed by atoms with van der Waals surface area (Å²) in [5.74, 6) is 0.276. The van der Waals surface area contributed by atoms with Gasteiger partial charge in [-0.15, -0.1) is 11.6 Å². The zero-order chi connectivity index (χ0) is 11.4. The SMILES string of the molecule is Nc1ccc(Cl)cc1C(O)C(O)CCCl. The Kier molecular flexibility index (Phi) is 4.67. The molecule has 0 aliphatic carbocycles.